The van der Waals surface area contributed by atoms with E-state index < -0.39 is 0 Å². The molecule has 0 saturated carbocycles. The lowest BCUT2D eigenvalue weighted by Gasteiger charge is -2.03. The van der Waals surface area contributed by atoms with Crippen LogP contribution < -0.4 is 5.32 Å². The van der Waals surface area contributed by atoms with Crippen molar-refractivity contribution in [2.75, 3.05) is 18.5 Å². The smallest absolute Gasteiger partial charge is 0.339 e. The SMILES string of the molecule is C=CCNc1ccc(C(=O)OCC)cn1. The van der Waals surface area contributed by atoms with E-state index in [4.69, 9.17) is 4.74 Å². The van der Waals surface area contributed by atoms with Crippen molar-refractivity contribution in [1.29, 1.82) is 0 Å². The van der Waals surface area contributed by atoms with Gasteiger partial charge in [-0.1, -0.05) is 6.08 Å². The summed E-state index contributed by atoms with van der Waals surface area (Å²) in [5, 5.41) is 3.01. The van der Waals surface area contributed by atoms with E-state index >= 15 is 0 Å². The Balaban J connectivity index is 2.63. The number of esters is 1. The molecule has 4 heteroatoms. The molecule has 0 fully saturated rings. The third-order valence-corrected chi connectivity index (χ3v) is 1.70. The molecule has 1 aromatic rings. The molecule has 0 unspecified atom stereocenters. The Morgan fingerprint density at radius 3 is 3.00 bits per heavy atom. The third kappa shape index (κ3) is 3.42. The molecule has 0 radical (unpaired) electrons. The normalized spacial score (nSPS) is 9.40. The van der Waals surface area contributed by atoms with Gasteiger partial charge < -0.3 is 10.1 Å². The zero-order valence-corrected chi connectivity index (χ0v) is 8.69. The van der Waals surface area contributed by atoms with Crippen LogP contribution in [0.3, 0.4) is 0 Å². The second-order valence-corrected chi connectivity index (χ2v) is 2.82. The molecule has 80 valence electrons. The number of hydrogen-bond acceptors (Lipinski definition) is 4. The molecule has 1 aromatic heterocycles. The fraction of sp³-hybridized carbons (Fsp3) is 0.273. The number of nitrogens with one attached hydrogen (secondary N) is 1. The molecule has 0 atom stereocenters. The number of carbonyl (C=O) groups is 1. The minimum atomic E-state index is -0.347. The minimum absolute atomic E-state index is 0.347. The largest absolute Gasteiger partial charge is 0.462 e. The zero-order valence-electron chi connectivity index (χ0n) is 8.69. The highest BCUT2D eigenvalue weighted by atomic mass is 16.5. The number of carbonyl (C=O) groups excluding carboxylic acids is 1. The monoisotopic (exact) mass is 206 g/mol. The Morgan fingerprint density at radius 2 is 2.47 bits per heavy atom. The van der Waals surface area contributed by atoms with Crippen molar-refractivity contribution in [3.63, 3.8) is 0 Å². The van der Waals surface area contributed by atoms with Gasteiger partial charge in [-0.05, 0) is 19.1 Å². The van der Waals surface area contributed by atoms with Gasteiger partial charge in [0.15, 0.2) is 0 Å². The van der Waals surface area contributed by atoms with Crippen LogP contribution in [0.1, 0.15) is 17.3 Å². The summed E-state index contributed by atoms with van der Waals surface area (Å²) in [7, 11) is 0. The molecule has 1 rings (SSSR count). The maximum absolute atomic E-state index is 11.3. The summed E-state index contributed by atoms with van der Waals surface area (Å²) in [6.45, 7) is 6.37. The first-order chi connectivity index (χ1) is 7.27. The van der Waals surface area contributed by atoms with Crippen LogP contribution in [0, 0.1) is 0 Å². The highest BCUT2D eigenvalue weighted by Crippen LogP contribution is 2.05. The van der Waals surface area contributed by atoms with Crippen molar-refractivity contribution >= 4 is 11.8 Å². The van der Waals surface area contributed by atoms with E-state index in [9.17, 15) is 4.79 Å². The number of ether oxygens (including phenoxy) is 1. The summed E-state index contributed by atoms with van der Waals surface area (Å²) >= 11 is 0. The van der Waals surface area contributed by atoms with Crippen LogP contribution in [0.15, 0.2) is 31.0 Å². The van der Waals surface area contributed by atoms with E-state index in [0.717, 1.165) is 0 Å². The van der Waals surface area contributed by atoms with Crippen molar-refractivity contribution in [2.24, 2.45) is 0 Å². The molecule has 0 bridgehead atoms. The molecule has 1 N–H and O–H groups in total. The number of anilines is 1. The van der Waals surface area contributed by atoms with Gasteiger partial charge in [0.1, 0.15) is 5.82 Å². The molecular weight excluding hydrogens is 192 g/mol. The Kier molecular flexibility index (Phi) is 4.34. The molecule has 0 spiro atoms. The number of nitrogens with zero attached hydrogens (tertiary/aromatic N) is 1. The standard InChI is InChI=1S/C11H14N2O2/c1-3-7-12-10-6-5-9(8-13-10)11(14)15-4-2/h3,5-6,8H,1,4,7H2,2H3,(H,12,13). The number of aromatic nitrogens is 1. The number of hydrogen-bond donors (Lipinski definition) is 1. The highest BCUT2D eigenvalue weighted by Gasteiger charge is 2.05. The first-order valence-corrected chi connectivity index (χ1v) is 4.76. The van der Waals surface area contributed by atoms with Crippen molar-refractivity contribution in [3.05, 3.63) is 36.5 Å². The van der Waals surface area contributed by atoms with Gasteiger partial charge in [-0.3, -0.25) is 0 Å². The fourth-order valence-electron chi connectivity index (χ4n) is 1.01. The van der Waals surface area contributed by atoms with E-state index in [1.807, 2.05) is 0 Å². The summed E-state index contributed by atoms with van der Waals surface area (Å²) in [5.74, 6) is 0.364. The van der Waals surface area contributed by atoms with Crippen LogP contribution in [0.4, 0.5) is 5.82 Å². The quantitative estimate of drug-likeness (QED) is 0.590. The fourth-order valence-corrected chi connectivity index (χ4v) is 1.01. The van der Waals surface area contributed by atoms with Gasteiger partial charge in [-0.15, -0.1) is 6.58 Å². The van der Waals surface area contributed by atoms with Crippen LogP contribution in [-0.4, -0.2) is 24.1 Å². The van der Waals surface area contributed by atoms with Gasteiger partial charge in [0.05, 0.1) is 12.2 Å². The van der Waals surface area contributed by atoms with Crippen molar-refractivity contribution < 1.29 is 9.53 Å². The lowest BCUT2D eigenvalue weighted by atomic mass is 10.3. The number of pyridine rings is 1. The summed E-state index contributed by atoms with van der Waals surface area (Å²) in [4.78, 5) is 15.3. The Hall–Kier alpha value is -1.84. The van der Waals surface area contributed by atoms with Gasteiger partial charge in [-0.2, -0.15) is 0 Å². The first-order valence-electron chi connectivity index (χ1n) is 4.76. The van der Waals surface area contributed by atoms with Gasteiger partial charge >= 0.3 is 5.97 Å². The lowest BCUT2D eigenvalue weighted by molar-refractivity contribution is 0.0526. The van der Waals surface area contributed by atoms with E-state index in [-0.39, 0.29) is 5.97 Å². The Morgan fingerprint density at radius 1 is 1.67 bits per heavy atom. The number of rotatable bonds is 5. The van der Waals surface area contributed by atoms with E-state index in [1.54, 1.807) is 25.1 Å². The van der Waals surface area contributed by atoms with Gasteiger partial charge in [0.25, 0.3) is 0 Å². The van der Waals surface area contributed by atoms with Crippen molar-refractivity contribution in [1.82, 2.24) is 4.98 Å². The Bertz CT molecular complexity index is 333. The molecule has 0 aromatic carbocycles. The molecule has 0 saturated heterocycles. The molecule has 0 amide bonds. The first kappa shape index (κ1) is 11.2. The average molecular weight is 206 g/mol. The Labute approximate surface area is 89.0 Å². The third-order valence-electron chi connectivity index (χ3n) is 1.70. The topological polar surface area (TPSA) is 51.2 Å². The predicted molar refractivity (Wildman–Crippen MR) is 58.9 cm³/mol. The maximum atomic E-state index is 11.3. The van der Waals surface area contributed by atoms with Crippen LogP contribution in [0.5, 0.6) is 0 Å². The van der Waals surface area contributed by atoms with E-state index in [1.165, 1.54) is 6.20 Å². The molecule has 1 heterocycles. The summed E-state index contributed by atoms with van der Waals surface area (Å²) in [6, 6.07) is 3.41. The van der Waals surface area contributed by atoms with Gasteiger partial charge in [-0.25, -0.2) is 9.78 Å². The second-order valence-electron chi connectivity index (χ2n) is 2.82. The molecular formula is C11H14N2O2. The summed E-state index contributed by atoms with van der Waals surface area (Å²) in [5.41, 5.74) is 0.459. The molecule has 15 heavy (non-hydrogen) atoms. The van der Waals surface area contributed by atoms with Crippen LogP contribution in [0.25, 0.3) is 0 Å². The molecule has 4 nitrogen and oxygen atoms in total. The second kappa shape index (κ2) is 5.80. The minimum Gasteiger partial charge on any atom is -0.462 e. The summed E-state index contributed by atoms with van der Waals surface area (Å²) in [6.07, 6.45) is 3.23. The predicted octanol–water partition coefficient (Wildman–Crippen LogP) is 1.86. The summed E-state index contributed by atoms with van der Waals surface area (Å²) < 4.78 is 4.83. The molecule has 0 aliphatic carbocycles. The molecule has 0 aliphatic heterocycles. The van der Waals surface area contributed by atoms with E-state index in [0.29, 0.717) is 24.5 Å². The van der Waals surface area contributed by atoms with Crippen molar-refractivity contribution in [3.8, 4) is 0 Å². The van der Waals surface area contributed by atoms with Crippen molar-refractivity contribution in [2.45, 2.75) is 6.92 Å². The average Bonchev–Trinajstić information content (AvgIpc) is 2.27. The van der Waals surface area contributed by atoms with Crippen LogP contribution >= 0.6 is 0 Å². The van der Waals surface area contributed by atoms with E-state index in [2.05, 4.69) is 16.9 Å². The molecule has 0 aliphatic rings. The van der Waals surface area contributed by atoms with Gasteiger partial charge in [0, 0.05) is 12.7 Å². The zero-order chi connectivity index (χ0) is 11.1. The van der Waals surface area contributed by atoms with Gasteiger partial charge in [0.2, 0.25) is 0 Å². The highest BCUT2D eigenvalue weighted by molar-refractivity contribution is 5.89. The maximum Gasteiger partial charge on any atom is 0.339 e. The van der Waals surface area contributed by atoms with Crippen LogP contribution in [0.2, 0.25) is 0 Å². The van der Waals surface area contributed by atoms with Crippen LogP contribution in [-0.2, 0) is 4.74 Å². The lowest BCUT2D eigenvalue weighted by Crippen LogP contribution is -2.06.